The lowest BCUT2D eigenvalue weighted by molar-refractivity contribution is 0.0556. The fraction of sp³-hybridized carbons (Fsp3) is 1.00. The normalized spacial score (nSPS) is 19.6. The number of epoxide rings is 1. The molecule has 17 heavy (non-hydrogen) atoms. The first-order chi connectivity index (χ1) is 8.26. The van der Waals surface area contributed by atoms with Crippen LogP contribution in [0.3, 0.4) is 0 Å². The van der Waals surface area contributed by atoms with E-state index in [1.54, 1.807) is 0 Å². The Morgan fingerprint density at radius 2 is 1.59 bits per heavy atom. The minimum atomic E-state index is -2.51. The Labute approximate surface area is 105 Å². The fourth-order valence-electron chi connectivity index (χ4n) is 1.58. The van der Waals surface area contributed by atoms with E-state index >= 15 is 0 Å². The molecule has 0 aliphatic carbocycles. The van der Waals surface area contributed by atoms with Gasteiger partial charge in [-0.1, -0.05) is 0 Å². The zero-order valence-electron chi connectivity index (χ0n) is 11.1. The van der Waals surface area contributed by atoms with Crippen molar-refractivity contribution in [1.29, 1.82) is 0 Å². The number of hydrogen-bond acceptors (Lipinski definition) is 5. The molecule has 102 valence electrons. The second-order valence-corrected chi connectivity index (χ2v) is 6.49. The largest absolute Gasteiger partial charge is 0.503 e. The maximum absolute atomic E-state index is 5.72. The monoisotopic (exact) mass is 264 g/mol. The Balaban J connectivity index is 2.29. The van der Waals surface area contributed by atoms with Gasteiger partial charge in [0.05, 0.1) is 19.8 Å². The summed E-state index contributed by atoms with van der Waals surface area (Å²) in [5.41, 5.74) is 0. The molecule has 0 bridgehead atoms. The van der Waals surface area contributed by atoms with Gasteiger partial charge < -0.3 is 22.8 Å². The van der Waals surface area contributed by atoms with Gasteiger partial charge in [0, 0.05) is 25.9 Å². The summed E-state index contributed by atoms with van der Waals surface area (Å²) in [5.74, 6) is 0. The summed E-state index contributed by atoms with van der Waals surface area (Å²) in [4.78, 5) is 0. The molecule has 1 atom stereocenters. The molecule has 1 aliphatic rings. The van der Waals surface area contributed by atoms with Gasteiger partial charge in [0.15, 0.2) is 0 Å². The lowest BCUT2D eigenvalue weighted by Crippen LogP contribution is -2.46. The molecule has 1 fully saturated rings. The summed E-state index contributed by atoms with van der Waals surface area (Å²) < 4.78 is 27.7. The van der Waals surface area contributed by atoms with Crippen molar-refractivity contribution >= 4 is 8.80 Å². The Hall–Kier alpha value is 0.0169. The third-order valence-electron chi connectivity index (χ3n) is 2.35. The van der Waals surface area contributed by atoms with Gasteiger partial charge in [-0.15, -0.1) is 0 Å². The number of ether oxygens (including phenoxy) is 2. The van der Waals surface area contributed by atoms with Crippen LogP contribution in [0.5, 0.6) is 0 Å². The second kappa shape index (κ2) is 8.18. The highest BCUT2D eigenvalue weighted by Crippen LogP contribution is 2.17. The molecule has 0 saturated carbocycles. The zero-order chi connectivity index (χ0) is 12.6. The molecule has 1 rings (SSSR count). The molecule has 0 spiro atoms. The highest BCUT2D eigenvalue weighted by atomic mass is 28.4. The van der Waals surface area contributed by atoms with E-state index in [0.29, 0.717) is 45.2 Å². The standard InChI is InChI=1S/C11H24O5Si/c1-4-14-17(15-5-2,16-6-3)8-7-12-9-11-10-13-11/h11H,4-10H2,1-3H3. The van der Waals surface area contributed by atoms with Crippen LogP contribution in [0.1, 0.15) is 20.8 Å². The zero-order valence-corrected chi connectivity index (χ0v) is 12.1. The van der Waals surface area contributed by atoms with Crippen LogP contribution in [0.15, 0.2) is 0 Å². The number of rotatable bonds is 11. The number of hydrogen-bond donors (Lipinski definition) is 0. The van der Waals surface area contributed by atoms with E-state index in [4.69, 9.17) is 22.8 Å². The molecule has 1 unspecified atom stereocenters. The van der Waals surface area contributed by atoms with Gasteiger partial charge in [-0.3, -0.25) is 0 Å². The SMILES string of the molecule is CCO[Si](CCOCC1CO1)(OCC)OCC. The van der Waals surface area contributed by atoms with Crippen molar-refractivity contribution in [2.45, 2.75) is 32.9 Å². The van der Waals surface area contributed by atoms with Crippen LogP contribution in [-0.2, 0) is 22.8 Å². The third-order valence-corrected chi connectivity index (χ3v) is 5.35. The van der Waals surface area contributed by atoms with Crippen LogP contribution in [0.4, 0.5) is 0 Å². The van der Waals surface area contributed by atoms with Crippen molar-refractivity contribution in [2.24, 2.45) is 0 Å². The molecular formula is C11H24O5Si. The van der Waals surface area contributed by atoms with E-state index in [1.807, 2.05) is 20.8 Å². The van der Waals surface area contributed by atoms with Gasteiger partial charge in [0.25, 0.3) is 0 Å². The van der Waals surface area contributed by atoms with E-state index < -0.39 is 8.80 Å². The minimum absolute atomic E-state index is 0.303. The minimum Gasteiger partial charge on any atom is -0.379 e. The van der Waals surface area contributed by atoms with Crippen LogP contribution in [0.25, 0.3) is 0 Å². The molecule has 0 radical (unpaired) electrons. The lowest BCUT2D eigenvalue weighted by Gasteiger charge is -2.28. The van der Waals surface area contributed by atoms with Crippen LogP contribution in [0.2, 0.25) is 6.04 Å². The average molecular weight is 264 g/mol. The van der Waals surface area contributed by atoms with Gasteiger partial charge in [-0.25, -0.2) is 0 Å². The summed E-state index contributed by atoms with van der Waals surface area (Å²) in [6.07, 6.45) is 0.303. The Bertz CT molecular complexity index is 181. The van der Waals surface area contributed by atoms with Gasteiger partial charge in [0.1, 0.15) is 6.10 Å². The highest BCUT2D eigenvalue weighted by Gasteiger charge is 2.40. The molecule has 0 N–H and O–H groups in total. The van der Waals surface area contributed by atoms with Crippen molar-refractivity contribution in [3.63, 3.8) is 0 Å². The molecule has 0 aromatic carbocycles. The molecule has 1 saturated heterocycles. The van der Waals surface area contributed by atoms with E-state index in [-0.39, 0.29) is 0 Å². The Morgan fingerprint density at radius 3 is 2.00 bits per heavy atom. The summed E-state index contributed by atoms with van der Waals surface area (Å²) in [6, 6.07) is 0.704. The second-order valence-electron chi connectivity index (χ2n) is 3.76. The summed E-state index contributed by atoms with van der Waals surface area (Å²) in [6.45, 7) is 9.79. The smallest absolute Gasteiger partial charge is 0.379 e. The maximum Gasteiger partial charge on any atom is 0.503 e. The van der Waals surface area contributed by atoms with Crippen molar-refractivity contribution in [3.05, 3.63) is 0 Å². The molecule has 5 nitrogen and oxygen atoms in total. The molecular weight excluding hydrogens is 240 g/mol. The van der Waals surface area contributed by atoms with Crippen molar-refractivity contribution in [2.75, 3.05) is 39.6 Å². The summed E-state index contributed by atoms with van der Waals surface area (Å²) in [5, 5.41) is 0. The summed E-state index contributed by atoms with van der Waals surface area (Å²) >= 11 is 0. The average Bonchev–Trinajstić information content (AvgIpc) is 3.09. The van der Waals surface area contributed by atoms with Crippen LogP contribution in [0, 0.1) is 0 Å². The maximum atomic E-state index is 5.72. The lowest BCUT2D eigenvalue weighted by atomic mass is 10.5. The van der Waals surface area contributed by atoms with E-state index in [9.17, 15) is 0 Å². The molecule has 0 aromatic rings. The molecule has 0 aromatic heterocycles. The van der Waals surface area contributed by atoms with Crippen LogP contribution in [-0.4, -0.2) is 54.5 Å². The Morgan fingerprint density at radius 1 is 1.06 bits per heavy atom. The molecule has 1 heterocycles. The Kier molecular flexibility index (Phi) is 7.25. The van der Waals surface area contributed by atoms with Crippen LogP contribution < -0.4 is 0 Å². The molecule has 0 amide bonds. The molecule has 1 aliphatic heterocycles. The van der Waals surface area contributed by atoms with Gasteiger partial charge in [-0.05, 0) is 20.8 Å². The first-order valence-electron chi connectivity index (χ1n) is 6.37. The van der Waals surface area contributed by atoms with Crippen molar-refractivity contribution in [1.82, 2.24) is 0 Å². The topological polar surface area (TPSA) is 49.5 Å². The predicted molar refractivity (Wildman–Crippen MR) is 66.0 cm³/mol. The van der Waals surface area contributed by atoms with Crippen LogP contribution >= 0.6 is 0 Å². The first kappa shape index (κ1) is 15.1. The van der Waals surface area contributed by atoms with E-state index in [2.05, 4.69) is 0 Å². The summed E-state index contributed by atoms with van der Waals surface area (Å²) in [7, 11) is -2.51. The third kappa shape index (κ3) is 5.94. The fourth-order valence-corrected chi connectivity index (χ4v) is 3.97. The van der Waals surface area contributed by atoms with Gasteiger partial charge >= 0.3 is 8.80 Å². The first-order valence-corrected chi connectivity index (χ1v) is 8.30. The van der Waals surface area contributed by atoms with E-state index in [0.717, 1.165) is 6.61 Å². The van der Waals surface area contributed by atoms with Gasteiger partial charge in [0.2, 0.25) is 0 Å². The predicted octanol–water partition coefficient (Wildman–Crippen LogP) is 1.45. The van der Waals surface area contributed by atoms with E-state index in [1.165, 1.54) is 0 Å². The quantitative estimate of drug-likeness (QED) is 0.321. The van der Waals surface area contributed by atoms with Gasteiger partial charge in [-0.2, -0.15) is 0 Å². The molecule has 6 heteroatoms. The van der Waals surface area contributed by atoms with Crippen molar-refractivity contribution in [3.8, 4) is 0 Å². The van der Waals surface area contributed by atoms with Crippen molar-refractivity contribution < 1.29 is 22.8 Å². The highest BCUT2D eigenvalue weighted by molar-refractivity contribution is 6.60.